The van der Waals surface area contributed by atoms with Crippen LogP contribution in [0, 0.1) is 79.0 Å². The molecular formula is C106H131Cl2FN10O16S5. The summed E-state index contributed by atoms with van der Waals surface area (Å²) in [7, 11) is -13.1. The average Bonchev–Trinajstić information content (AvgIpc) is 1.64. The molecule has 1 aliphatic carbocycles. The van der Waals surface area contributed by atoms with Gasteiger partial charge in [-0.05, 0) is 256 Å². The van der Waals surface area contributed by atoms with Gasteiger partial charge in [0, 0.05) is 78.8 Å². The smallest absolute Gasteiger partial charge is 0.328 e. The Kier molecular flexibility index (Phi) is 49.2. The first-order valence-corrected chi connectivity index (χ1v) is 54.4. The fourth-order valence-electron chi connectivity index (χ4n) is 13.1. The first-order chi connectivity index (χ1) is 65.8. The lowest BCUT2D eigenvalue weighted by molar-refractivity contribution is -0.145. The van der Waals surface area contributed by atoms with Crippen LogP contribution in [0.2, 0.25) is 0 Å². The molecule has 34 heteroatoms. The summed E-state index contributed by atoms with van der Waals surface area (Å²) in [6.07, 6.45) is 8.60. The Morgan fingerprint density at radius 2 is 1.00 bits per heavy atom. The zero-order valence-electron chi connectivity index (χ0n) is 81.1. The molecule has 0 radical (unpaired) electrons. The predicted octanol–water partition coefficient (Wildman–Crippen LogP) is 20.1. The molecule has 1 unspecified atom stereocenters. The zero-order chi connectivity index (χ0) is 103. The zero-order valence-corrected chi connectivity index (χ0v) is 86.7. The Balaban J connectivity index is 0.000000279. The highest BCUT2D eigenvalue weighted by Crippen LogP contribution is 2.33. The predicted molar refractivity (Wildman–Crippen MR) is 572 cm³/mol. The van der Waals surface area contributed by atoms with Gasteiger partial charge in [0.1, 0.15) is 17.1 Å². The largest absolute Gasteiger partial charge is 0.467 e. The highest BCUT2D eigenvalue weighted by Gasteiger charge is 2.30. The summed E-state index contributed by atoms with van der Waals surface area (Å²) in [5.41, 5.74) is 20.3. The molecular weight excluding hydrogens is 1920 g/mol. The van der Waals surface area contributed by atoms with Gasteiger partial charge in [0.05, 0.1) is 60.3 Å². The van der Waals surface area contributed by atoms with E-state index in [-0.39, 0.29) is 60.8 Å². The number of benzene rings is 11. The fourth-order valence-corrected chi connectivity index (χ4v) is 18.1. The van der Waals surface area contributed by atoms with E-state index in [1.807, 2.05) is 256 Å². The van der Waals surface area contributed by atoms with Crippen LogP contribution in [-0.4, -0.2) is 147 Å². The Morgan fingerprint density at radius 1 is 0.536 bits per heavy atom. The summed E-state index contributed by atoms with van der Waals surface area (Å²) in [5, 5.41) is 13.3. The van der Waals surface area contributed by atoms with Crippen LogP contribution >= 0.6 is 23.2 Å². The van der Waals surface area contributed by atoms with Gasteiger partial charge in [0.25, 0.3) is 5.91 Å². The van der Waals surface area contributed by atoms with Crippen LogP contribution in [0.1, 0.15) is 137 Å². The number of anilines is 8. The van der Waals surface area contributed by atoms with Crippen LogP contribution in [-0.2, 0) is 94.9 Å². The van der Waals surface area contributed by atoms with E-state index in [2.05, 4.69) is 47.9 Å². The number of nitrogens with zero attached hydrogens (tertiary/aromatic N) is 3. The lowest BCUT2D eigenvalue weighted by Gasteiger charge is -2.24. The summed E-state index contributed by atoms with van der Waals surface area (Å²) >= 11 is 10.8. The van der Waals surface area contributed by atoms with Gasteiger partial charge in [-0.1, -0.05) is 200 Å². The standard InChI is InChI=1S/C19H21NO3.C14H12FNO.C12H15NO.C11H15NO2S.C10H13ClN2O.C10H13NO2S.C10H15NO2S.C10H11NO2S.C9H12ClNO2S.CH4/c1-14-8-10-16(11-9-14)13-18(21)20-17(19(22)23-2)12-15-6-4-3-5-7-15;1-10-2-8-13(9-3-10)16-14(17)11-4-6-12(15)7-5-11;1-9-5-7-11(8-6-9)13-12(14)10-3-2-4-10;1-3-15(13,14)12-7-6-10-5-4-9(2)8-11(10)12;1-8-2-4-9(5-3-8)13-10(14)12-7-6-11;1-8-3-4-9-5-6-11(10(9)7-8)14(2,12)13;1-3-8-14(12,13)11-10-7-5-4-6-9(10)2;1-3-4-9-5-7-10(8-6-9)11-14(2,12)13;1-8-3-5-9(6-4-8)11(2)14(12,13)7-10;/h3-11,17H,12-13H2,1-2H3,(H,20,21);2-9H,1H3,(H,16,17);5-8,10H,2-4H2,1H3,(H,13,14);4-5,8H,3,6-7H2,1-2H3;2-5H,6-7H2,1H3,(H2,12,13,14);3-4,7H,5-6H2,1-2H3;4-7,11H,3,8H2,1-2H3;5-8,11H,1-2H3;3-6H,7H2,1-2H3;1H4. The topological polar surface area (TPSA) is 359 Å². The number of carbonyl (C=O) groups excluding carboxylic acids is 5. The van der Waals surface area contributed by atoms with Crippen molar-refractivity contribution in [1.82, 2.24) is 10.6 Å². The molecule has 1 atom stereocenters. The second-order valence-electron chi connectivity index (χ2n) is 32.9. The van der Waals surface area contributed by atoms with E-state index < -0.39 is 67.3 Å². The minimum atomic E-state index is -3.37. The summed E-state index contributed by atoms with van der Waals surface area (Å²) in [6, 6.07) is 78.3. The van der Waals surface area contributed by atoms with Crippen LogP contribution in [0.3, 0.4) is 0 Å². The number of esters is 1. The number of methoxy groups -OCH3 is 1. The van der Waals surface area contributed by atoms with Gasteiger partial charge in [-0.15, -0.1) is 29.1 Å². The third kappa shape index (κ3) is 42.6. The number of alkyl halides is 2. The summed E-state index contributed by atoms with van der Waals surface area (Å²) in [5.74, 6) is 5.60. The van der Waals surface area contributed by atoms with Crippen LogP contribution in [0.4, 0.5) is 54.7 Å². The monoisotopic (exact) mass is 2050 g/mol. The van der Waals surface area contributed by atoms with Gasteiger partial charge in [-0.2, -0.15) is 0 Å². The van der Waals surface area contributed by atoms with Crippen molar-refractivity contribution >= 4 is 149 Å². The van der Waals surface area contributed by atoms with Gasteiger partial charge in [-0.3, -0.25) is 36.7 Å². The van der Waals surface area contributed by atoms with Crippen molar-refractivity contribution in [2.24, 2.45) is 5.92 Å². The van der Waals surface area contributed by atoms with Crippen molar-refractivity contribution in [2.45, 2.75) is 141 Å². The highest BCUT2D eigenvalue weighted by molar-refractivity contribution is 7.94. The molecule has 5 amide bonds. The number of fused-ring (bicyclic) bond motifs is 2. The molecule has 2 heterocycles. The van der Waals surface area contributed by atoms with Crippen LogP contribution in [0.15, 0.2) is 261 Å². The molecule has 2 aliphatic heterocycles. The van der Waals surface area contributed by atoms with E-state index in [4.69, 9.17) is 27.9 Å². The molecule has 1 fully saturated rings. The van der Waals surface area contributed by atoms with Crippen molar-refractivity contribution in [3.63, 3.8) is 0 Å². The number of ether oxygens (including phenoxy) is 1. The lowest BCUT2D eigenvalue weighted by atomic mass is 9.85. The van der Waals surface area contributed by atoms with E-state index in [0.29, 0.717) is 61.0 Å². The third-order valence-electron chi connectivity index (χ3n) is 21.1. The molecule has 11 aromatic rings. The number of amides is 5. The van der Waals surface area contributed by atoms with Crippen molar-refractivity contribution in [2.75, 3.05) is 107 Å². The third-order valence-corrected chi connectivity index (χ3v) is 28.5. The molecule has 0 spiro atoms. The van der Waals surface area contributed by atoms with Gasteiger partial charge in [0.2, 0.25) is 61.9 Å². The summed E-state index contributed by atoms with van der Waals surface area (Å²) < 4.78 is 140. The van der Waals surface area contributed by atoms with Crippen molar-refractivity contribution in [1.29, 1.82) is 0 Å². The first kappa shape index (κ1) is 118. The number of halogens is 3. The Labute approximate surface area is 838 Å². The van der Waals surface area contributed by atoms with E-state index in [0.717, 1.165) is 127 Å². The maximum atomic E-state index is 12.7. The molecule has 11 aromatic carbocycles. The second kappa shape index (κ2) is 58.4. The first-order valence-electron chi connectivity index (χ1n) is 44.8. The molecule has 1 saturated carbocycles. The van der Waals surface area contributed by atoms with Crippen LogP contribution < -0.4 is 48.9 Å². The number of hydrogen-bond acceptors (Lipinski definition) is 16. The van der Waals surface area contributed by atoms with Crippen LogP contribution in [0.25, 0.3) is 0 Å². The molecule has 0 bridgehead atoms. The minimum Gasteiger partial charge on any atom is -0.467 e. The number of rotatable bonds is 25. The molecule has 3 aliphatic rings. The van der Waals surface area contributed by atoms with Crippen LogP contribution in [0.5, 0.6) is 0 Å². The summed E-state index contributed by atoms with van der Waals surface area (Å²) in [4.78, 5) is 58.6. The lowest BCUT2D eigenvalue weighted by Crippen LogP contribution is -2.43. The second-order valence-corrected chi connectivity index (χ2v) is 43.5. The number of hydrogen-bond donors (Lipinski definition) is 7. The van der Waals surface area contributed by atoms with E-state index in [1.165, 1.54) is 69.6 Å². The number of aryl methyl sites for hydroxylation is 8. The number of nitrogens with one attached hydrogen (secondary N) is 7. The average molecular weight is 2050 g/mol. The number of urea groups is 1. The molecule has 26 nitrogen and oxygen atoms in total. The normalized spacial score (nSPS) is 12.2. The van der Waals surface area contributed by atoms with Gasteiger partial charge < -0.3 is 31.3 Å². The minimum absolute atomic E-state index is 0. The van der Waals surface area contributed by atoms with Gasteiger partial charge in [0.15, 0.2) is 0 Å². The fraction of sp³-hybridized carbons (Fsp3) is 0.311. The Hall–Kier alpha value is -12.6. The number of carbonyl (C=O) groups is 5. The van der Waals surface area contributed by atoms with E-state index in [9.17, 15) is 70.5 Å². The van der Waals surface area contributed by atoms with Gasteiger partial charge in [-0.25, -0.2) is 56.1 Å². The summed E-state index contributed by atoms with van der Waals surface area (Å²) in [6.45, 7) is 22.7. The maximum Gasteiger partial charge on any atom is 0.328 e. The molecule has 0 aromatic heterocycles. The SMILES string of the molecule is C.CC#Cc1ccc(NS(C)(=O)=O)cc1.CCCS(=O)(=O)Nc1ccccc1C.CCS(=O)(=O)N1CCc2ccc(C)cc21.COC(=O)C(Cc1ccccc1)NC(=O)Cc1ccc(C)cc1.Cc1ccc(N(C)S(=O)(=O)CCl)cc1.Cc1ccc(NC(=O)C2CCC2)cc1.Cc1ccc(NC(=O)NCCCl)cc1.Cc1ccc(NC(=O)c2ccc(F)cc2)cc1.Cc1ccc2c(c1)N(S(C)(=O)=O)CC2. The number of sulfonamides is 5. The maximum absolute atomic E-state index is 12.7. The van der Waals surface area contributed by atoms with Crippen molar-refractivity contribution < 1.29 is 75.2 Å². The highest BCUT2D eigenvalue weighted by atomic mass is 35.5. The number of para-hydroxylation sites is 1. The molecule has 140 heavy (non-hydrogen) atoms. The quantitative estimate of drug-likeness (QED) is 0.0159. The molecule has 752 valence electrons. The van der Waals surface area contributed by atoms with Gasteiger partial charge >= 0.3 is 12.0 Å². The Bertz CT molecular complexity index is 6490. The van der Waals surface area contributed by atoms with E-state index in [1.54, 1.807) is 56.3 Å². The van der Waals surface area contributed by atoms with Crippen molar-refractivity contribution in [3.8, 4) is 11.8 Å². The van der Waals surface area contributed by atoms with Crippen molar-refractivity contribution in [3.05, 3.63) is 345 Å². The molecule has 7 N–H and O–H groups in total. The molecule has 0 saturated heterocycles. The Morgan fingerprint density at radius 3 is 1.46 bits per heavy atom. The van der Waals surface area contributed by atoms with E-state index >= 15 is 0 Å². The molecule has 14 rings (SSSR count).